The molecule has 0 radical (unpaired) electrons. The van der Waals surface area contributed by atoms with Crippen molar-refractivity contribution in [2.75, 3.05) is 0 Å². The van der Waals surface area contributed by atoms with Crippen molar-refractivity contribution in [1.29, 1.82) is 0 Å². The lowest BCUT2D eigenvalue weighted by molar-refractivity contribution is 0.157. The van der Waals surface area contributed by atoms with Gasteiger partial charge in [0.15, 0.2) is 0 Å². The normalized spacial score (nSPS) is 13.4. The summed E-state index contributed by atoms with van der Waals surface area (Å²) in [5.74, 6) is 0. The van der Waals surface area contributed by atoms with Gasteiger partial charge in [0.25, 0.3) is 20.2 Å². The molecule has 0 bridgehead atoms. The molecule has 2 aromatic rings. The van der Waals surface area contributed by atoms with Crippen molar-refractivity contribution < 1.29 is 27.1 Å². The first-order valence-corrected chi connectivity index (χ1v) is 24.6. The van der Waals surface area contributed by atoms with Crippen LogP contribution in [-0.2, 0) is 30.5 Å². The Hall–Kier alpha value is -1.25. The van der Waals surface area contributed by atoms with Gasteiger partial charge in [0, 0.05) is 6.10 Å². The lowest BCUT2D eigenvalue weighted by atomic mass is 10.0. The Morgan fingerprint density at radius 2 is 0.765 bits per heavy atom. The highest BCUT2D eigenvalue weighted by Crippen LogP contribution is 2.34. The second-order valence-corrected chi connectivity index (χ2v) is 19.9. The second-order valence-electron chi connectivity index (χ2n) is 14.4. The Kier molecular flexibility index (Phi) is 24.6. The average molecular weight is 765 g/mol. The molecule has 0 aliphatic carbocycles. The summed E-state index contributed by atoms with van der Waals surface area (Å²) in [6.07, 6.45) is 23.2. The molecular weight excluding hydrogens is 696 g/mol. The van der Waals surface area contributed by atoms with Gasteiger partial charge in [-0.15, -0.1) is 0 Å². The van der Waals surface area contributed by atoms with E-state index >= 15 is 0 Å². The highest BCUT2D eigenvalue weighted by atomic mass is 32.2. The maximum Gasteiger partial charge on any atom is 0.936 e. The van der Waals surface area contributed by atoms with Crippen LogP contribution in [0.3, 0.4) is 0 Å². The third-order valence-corrected chi connectivity index (χ3v) is 16.1. The molecule has 0 aliphatic rings. The molecule has 2 unspecified atom stereocenters. The second kappa shape index (κ2) is 27.4. The van der Waals surface area contributed by atoms with E-state index in [0.29, 0.717) is 24.0 Å². The van der Waals surface area contributed by atoms with Crippen molar-refractivity contribution in [2.24, 2.45) is 0 Å². The van der Waals surface area contributed by atoms with Gasteiger partial charge in [0.1, 0.15) is 10.5 Å². The molecule has 0 spiro atoms. The molecule has 51 heavy (non-hydrogen) atoms. The zero-order valence-corrected chi connectivity index (χ0v) is 35.1. The highest BCUT2D eigenvalue weighted by molar-refractivity contribution is 7.89. The van der Waals surface area contributed by atoms with Crippen LogP contribution in [-0.4, -0.2) is 38.1 Å². The molecule has 2 atom stereocenters. The lowest BCUT2D eigenvalue weighted by Crippen LogP contribution is -2.37. The van der Waals surface area contributed by atoms with E-state index in [1.165, 1.54) is 77.0 Å². The van der Waals surface area contributed by atoms with Gasteiger partial charge < -0.3 is 10.3 Å². The fraction of sp³-hybridized carbons (Fsp3) is 0.707. The van der Waals surface area contributed by atoms with Crippen molar-refractivity contribution in [1.82, 2.24) is 0 Å². The standard InChI is InChI=1S/2C19H32O3S.C3H7O.Al/c2*1-2-3-4-5-6-7-8-9-10-14-17-19(23(20,21)22)18-15-12-11-13-16-18;1-3(2)4;/h2*11-13,15-16,19H,2-10,14,17H2,1H3,(H,20,21,22);3H,1-2H3;/q;;-1;+3/p-2. The molecular formula is C41H69AlO7S2. The molecule has 290 valence electrons. The van der Waals surface area contributed by atoms with E-state index < -0.39 is 52.0 Å². The summed E-state index contributed by atoms with van der Waals surface area (Å²) >= 11 is -3.72. The first-order valence-electron chi connectivity index (χ1n) is 20.2. The first-order chi connectivity index (χ1) is 24.6. The van der Waals surface area contributed by atoms with E-state index in [4.69, 9.17) is 10.3 Å². The first kappa shape index (κ1) is 45.9. The summed E-state index contributed by atoms with van der Waals surface area (Å²) in [7, 11) is -8.57. The van der Waals surface area contributed by atoms with Crippen LogP contribution in [0.25, 0.3) is 0 Å². The van der Waals surface area contributed by atoms with E-state index in [1.54, 1.807) is 38.1 Å². The number of hydrogen-bond donors (Lipinski definition) is 0. The van der Waals surface area contributed by atoms with E-state index in [9.17, 15) is 16.8 Å². The van der Waals surface area contributed by atoms with Crippen molar-refractivity contribution in [2.45, 2.75) is 186 Å². The van der Waals surface area contributed by atoms with E-state index in [-0.39, 0.29) is 0 Å². The Balaban J connectivity index is 2.08. The minimum Gasteiger partial charge on any atom is -0.451 e. The molecule has 0 amide bonds. The number of hydrogen-bond acceptors (Lipinski definition) is 7. The zero-order valence-electron chi connectivity index (χ0n) is 32.3. The van der Waals surface area contributed by atoms with E-state index in [2.05, 4.69) is 13.8 Å². The smallest absolute Gasteiger partial charge is 0.451 e. The Bertz CT molecular complexity index is 1240. The minimum atomic E-state index is -4.28. The van der Waals surface area contributed by atoms with Crippen LogP contribution in [0.15, 0.2) is 60.7 Å². The maximum atomic E-state index is 14.0. The summed E-state index contributed by atoms with van der Waals surface area (Å²) in [6.45, 7) is 7.90. The molecule has 0 saturated heterocycles. The SMILES string of the molecule is CCCCCCCCCCCCC(c1ccccc1)S(=O)(=O)[O][Al]([O]C(C)C)[O]S(=O)(=O)C(CCCCCCCCCCCC)c1ccccc1. The molecule has 0 aliphatic heterocycles. The summed E-state index contributed by atoms with van der Waals surface area (Å²) in [5.41, 5.74) is 1.24. The number of benzene rings is 2. The van der Waals surface area contributed by atoms with Crippen LogP contribution in [0.1, 0.15) is 191 Å². The molecule has 7 nitrogen and oxygen atoms in total. The minimum absolute atomic E-state index is 0.379. The van der Waals surface area contributed by atoms with Crippen molar-refractivity contribution >= 4 is 35.4 Å². The van der Waals surface area contributed by atoms with Crippen molar-refractivity contribution in [3.05, 3.63) is 71.8 Å². The van der Waals surface area contributed by atoms with Crippen LogP contribution in [0.4, 0.5) is 0 Å². The molecule has 0 heterocycles. The van der Waals surface area contributed by atoms with E-state index in [1.807, 2.05) is 36.4 Å². The number of rotatable bonds is 32. The van der Waals surface area contributed by atoms with E-state index in [0.717, 1.165) is 51.4 Å². The predicted molar refractivity (Wildman–Crippen MR) is 213 cm³/mol. The third kappa shape index (κ3) is 20.1. The fourth-order valence-corrected chi connectivity index (χ4v) is 12.5. The van der Waals surface area contributed by atoms with Crippen molar-refractivity contribution in [3.8, 4) is 0 Å². The van der Waals surface area contributed by atoms with Gasteiger partial charge in [-0.3, -0.25) is 0 Å². The summed E-state index contributed by atoms with van der Waals surface area (Å²) in [5, 5.41) is -1.89. The molecule has 0 saturated carbocycles. The Labute approximate surface area is 318 Å². The Morgan fingerprint density at radius 1 is 0.471 bits per heavy atom. The summed E-state index contributed by atoms with van der Waals surface area (Å²) in [6, 6.07) is 18.1. The van der Waals surface area contributed by atoms with Gasteiger partial charge in [-0.05, 0) is 37.8 Å². The summed E-state index contributed by atoms with van der Waals surface area (Å²) < 4.78 is 73.2. The molecule has 2 aromatic carbocycles. The third-order valence-electron chi connectivity index (χ3n) is 9.49. The fourth-order valence-electron chi connectivity index (χ4n) is 6.56. The molecule has 0 N–H and O–H groups in total. The van der Waals surface area contributed by atoms with Gasteiger partial charge in [0.05, 0.1) is 0 Å². The highest BCUT2D eigenvalue weighted by Gasteiger charge is 2.47. The van der Waals surface area contributed by atoms with Gasteiger partial charge >= 0.3 is 15.1 Å². The topological polar surface area (TPSA) is 96.0 Å². The van der Waals surface area contributed by atoms with Crippen LogP contribution in [0, 0.1) is 0 Å². The van der Waals surface area contributed by atoms with Gasteiger partial charge in [-0.25, -0.2) is 16.8 Å². The van der Waals surface area contributed by atoms with Gasteiger partial charge in [-0.1, -0.05) is 203 Å². The molecule has 0 aromatic heterocycles. The van der Waals surface area contributed by atoms with Gasteiger partial charge in [-0.2, -0.15) is 0 Å². The van der Waals surface area contributed by atoms with Crippen LogP contribution in [0.5, 0.6) is 0 Å². The predicted octanol–water partition coefficient (Wildman–Crippen LogP) is 12.2. The van der Waals surface area contributed by atoms with Crippen molar-refractivity contribution in [3.63, 3.8) is 0 Å². The zero-order chi connectivity index (χ0) is 37.2. The number of unbranched alkanes of at least 4 members (excludes halogenated alkanes) is 18. The maximum absolute atomic E-state index is 14.0. The van der Waals surface area contributed by atoms with Gasteiger partial charge in [0.2, 0.25) is 0 Å². The molecule has 2 rings (SSSR count). The van der Waals surface area contributed by atoms with Crippen LogP contribution < -0.4 is 0 Å². The summed E-state index contributed by atoms with van der Waals surface area (Å²) in [4.78, 5) is 0. The van der Waals surface area contributed by atoms with Crippen LogP contribution in [0.2, 0.25) is 0 Å². The quantitative estimate of drug-likeness (QED) is 0.0540. The average Bonchev–Trinajstić information content (AvgIpc) is 3.09. The lowest BCUT2D eigenvalue weighted by Gasteiger charge is -2.23. The Morgan fingerprint density at radius 3 is 1.06 bits per heavy atom. The largest absolute Gasteiger partial charge is 0.936 e. The molecule has 10 heteroatoms. The monoisotopic (exact) mass is 764 g/mol. The van der Waals surface area contributed by atoms with Crippen LogP contribution >= 0.6 is 0 Å². The molecule has 0 fully saturated rings.